The SMILES string of the molecule is CC1Oc2ccc(NC(=O)c3ccc(C#N)cc3)cc2CN(CCOc2ccccc2)C1=O. The fourth-order valence-corrected chi connectivity index (χ4v) is 3.56. The predicted molar refractivity (Wildman–Crippen MR) is 123 cm³/mol. The van der Waals surface area contributed by atoms with Gasteiger partial charge in [-0.3, -0.25) is 9.59 Å². The molecule has 33 heavy (non-hydrogen) atoms. The number of hydrogen-bond donors (Lipinski definition) is 1. The van der Waals surface area contributed by atoms with Crippen molar-refractivity contribution in [1.29, 1.82) is 5.26 Å². The summed E-state index contributed by atoms with van der Waals surface area (Å²) in [6.07, 6.45) is -0.623. The average molecular weight is 441 g/mol. The Morgan fingerprint density at radius 1 is 1.15 bits per heavy atom. The molecule has 0 saturated heterocycles. The van der Waals surface area contributed by atoms with Crippen LogP contribution in [0.25, 0.3) is 0 Å². The van der Waals surface area contributed by atoms with Crippen molar-refractivity contribution in [2.75, 3.05) is 18.5 Å². The first-order chi connectivity index (χ1) is 16.0. The van der Waals surface area contributed by atoms with E-state index in [0.29, 0.717) is 42.3 Å². The predicted octanol–water partition coefficient (Wildman–Crippen LogP) is 4.00. The molecule has 1 N–H and O–H groups in total. The Balaban J connectivity index is 1.46. The molecule has 0 bridgehead atoms. The van der Waals surface area contributed by atoms with Crippen molar-refractivity contribution in [2.24, 2.45) is 0 Å². The zero-order chi connectivity index (χ0) is 23.2. The molecule has 1 unspecified atom stereocenters. The van der Waals surface area contributed by atoms with Crippen LogP contribution >= 0.6 is 0 Å². The third-order valence-electron chi connectivity index (χ3n) is 5.29. The zero-order valence-corrected chi connectivity index (χ0v) is 18.2. The standard InChI is InChI=1S/C26H23N3O4/c1-18-26(31)29(13-14-32-23-5-3-2-4-6-23)17-21-15-22(11-12-24(21)33-18)28-25(30)20-9-7-19(16-27)8-10-20/h2-12,15,18H,13-14,17H2,1H3,(H,28,30). The van der Waals surface area contributed by atoms with E-state index in [2.05, 4.69) is 5.32 Å². The number of fused-ring (bicyclic) bond motifs is 1. The van der Waals surface area contributed by atoms with Gasteiger partial charge in [0.15, 0.2) is 6.10 Å². The number of rotatable bonds is 6. The van der Waals surface area contributed by atoms with Crippen LogP contribution in [0, 0.1) is 11.3 Å². The highest BCUT2D eigenvalue weighted by Crippen LogP contribution is 2.29. The average Bonchev–Trinajstić information content (AvgIpc) is 2.96. The normalized spacial score (nSPS) is 15.0. The third-order valence-corrected chi connectivity index (χ3v) is 5.29. The Labute approximate surface area is 192 Å². The second-order valence-corrected chi connectivity index (χ2v) is 7.65. The number of nitriles is 1. The summed E-state index contributed by atoms with van der Waals surface area (Å²) >= 11 is 0. The molecule has 0 radical (unpaired) electrons. The fraction of sp³-hybridized carbons (Fsp3) is 0.192. The number of nitrogens with one attached hydrogen (secondary N) is 1. The molecule has 1 aliphatic heterocycles. The van der Waals surface area contributed by atoms with Crippen LogP contribution in [0.5, 0.6) is 11.5 Å². The summed E-state index contributed by atoms with van der Waals surface area (Å²) in [6.45, 7) is 2.83. The quantitative estimate of drug-likeness (QED) is 0.624. The lowest BCUT2D eigenvalue weighted by molar-refractivity contribution is -0.138. The molecule has 0 saturated carbocycles. The minimum atomic E-state index is -0.623. The molecule has 7 nitrogen and oxygen atoms in total. The van der Waals surface area contributed by atoms with E-state index >= 15 is 0 Å². The van der Waals surface area contributed by atoms with Gasteiger partial charge in [-0.2, -0.15) is 5.26 Å². The molecule has 3 aromatic carbocycles. The lowest BCUT2D eigenvalue weighted by atomic mass is 10.1. The summed E-state index contributed by atoms with van der Waals surface area (Å²) in [6, 6.07) is 23.2. The summed E-state index contributed by atoms with van der Waals surface area (Å²) in [5.41, 5.74) is 2.33. The van der Waals surface area contributed by atoms with E-state index in [0.717, 1.165) is 11.3 Å². The minimum Gasteiger partial charge on any atom is -0.492 e. The van der Waals surface area contributed by atoms with Crippen molar-refractivity contribution < 1.29 is 19.1 Å². The molecular formula is C26H23N3O4. The second kappa shape index (κ2) is 9.88. The molecule has 0 spiro atoms. The van der Waals surface area contributed by atoms with Gasteiger partial charge in [0.25, 0.3) is 11.8 Å². The summed E-state index contributed by atoms with van der Waals surface area (Å²) in [5.74, 6) is 0.952. The largest absolute Gasteiger partial charge is 0.492 e. The molecule has 2 amide bonds. The summed E-state index contributed by atoms with van der Waals surface area (Å²) < 4.78 is 11.6. The third kappa shape index (κ3) is 5.31. The topological polar surface area (TPSA) is 91.7 Å². The highest BCUT2D eigenvalue weighted by atomic mass is 16.5. The lowest BCUT2D eigenvalue weighted by Gasteiger charge is -2.22. The van der Waals surface area contributed by atoms with E-state index in [1.165, 1.54) is 0 Å². The molecular weight excluding hydrogens is 418 g/mol. The van der Waals surface area contributed by atoms with Crippen LogP contribution in [-0.2, 0) is 11.3 Å². The highest BCUT2D eigenvalue weighted by Gasteiger charge is 2.28. The van der Waals surface area contributed by atoms with Crippen molar-refractivity contribution in [3.05, 3.63) is 89.5 Å². The Hall–Kier alpha value is -4.31. The van der Waals surface area contributed by atoms with E-state index in [4.69, 9.17) is 14.7 Å². The molecule has 3 aromatic rings. The monoisotopic (exact) mass is 441 g/mol. The maximum Gasteiger partial charge on any atom is 0.263 e. The number of nitrogens with zero attached hydrogens (tertiary/aromatic N) is 2. The van der Waals surface area contributed by atoms with Crippen molar-refractivity contribution >= 4 is 17.5 Å². The van der Waals surface area contributed by atoms with E-state index in [1.54, 1.807) is 48.2 Å². The van der Waals surface area contributed by atoms with Crippen molar-refractivity contribution in [1.82, 2.24) is 4.90 Å². The number of amides is 2. The first-order valence-electron chi connectivity index (χ1n) is 10.6. The van der Waals surface area contributed by atoms with Crippen LogP contribution in [0.1, 0.15) is 28.4 Å². The van der Waals surface area contributed by atoms with Crippen LogP contribution in [0.2, 0.25) is 0 Å². The Morgan fingerprint density at radius 3 is 2.64 bits per heavy atom. The van der Waals surface area contributed by atoms with Crippen LogP contribution in [-0.4, -0.2) is 36.0 Å². The maximum absolute atomic E-state index is 12.8. The summed E-state index contributed by atoms with van der Waals surface area (Å²) in [7, 11) is 0. The number of para-hydroxylation sites is 1. The second-order valence-electron chi connectivity index (χ2n) is 7.65. The fourth-order valence-electron chi connectivity index (χ4n) is 3.56. The number of hydrogen-bond acceptors (Lipinski definition) is 5. The van der Waals surface area contributed by atoms with Gasteiger partial charge < -0.3 is 19.7 Å². The first kappa shape index (κ1) is 21.9. The highest BCUT2D eigenvalue weighted by molar-refractivity contribution is 6.04. The molecule has 0 fully saturated rings. The van der Waals surface area contributed by atoms with Crippen molar-refractivity contribution in [2.45, 2.75) is 19.6 Å². The molecule has 1 heterocycles. The zero-order valence-electron chi connectivity index (χ0n) is 18.2. The number of benzene rings is 3. The van der Waals surface area contributed by atoms with Gasteiger partial charge in [0.05, 0.1) is 18.2 Å². The Morgan fingerprint density at radius 2 is 1.91 bits per heavy atom. The summed E-state index contributed by atoms with van der Waals surface area (Å²) in [4.78, 5) is 27.1. The first-order valence-corrected chi connectivity index (χ1v) is 10.6. The minimum absolute atomic E-state index is 0.119. The van der Waals surface area contributed by atoms with Gasteiger partial charge in [0.2, 0.25) is 0 Å². The Bertz CT molecular complexity index is 1190. The van der Waals surface area contributed by atoms with Crippen LogP contribution < -0.4 is 14.8 Å². The molecule has 1 atom stereocenters. The molecule has 7 heteroatoms. The molecule has 0 aliphatic carbocycles. The van der Waals surface area contributed by atoms with E-state index in [1.807, 2.05) is 42.5 Å². The number of anilines is 1. The van der Waals surface area contributed by atoms with Gasteiger partial charge in [0, 0.05) is 23.4 Å². The van der Waals surface area contributed by atoms with E-state index in [-0.39, 0.29) is 11.8 Å². The van der Waals surface area contributed by atoms with Gasteiger partial charge in [-0.1, -0.05) is 18.2 Å². The maximum atomic E-state index is 12.8. The smallest absolute Gasteiger partial charge is 0.263 e. The van der Waals surface area contributed by atoms with Gasteiger partial charge in [-0.25, -0.2) is 0 Å². The Kier molecular flexibility index (Phi) is 6.56. The van der Waals surface area contributed by atoms with Crippen LogP contribution in [0.15, 0.2) is 72.8 Å². The van der Waals surface area contributed by atoms with Crippen LogP contribution in [0.4, 0.5) is 5.69 Å². The number of ether oxygens (including phenoxy) is 2. The van der Waals surface area contributed by atoms with Crippen molar-refractivity contribution in [3.8, 4) is 17.6 Å². The molecule has 1 aliphatic rings. The molecule has 166 valence electrons. The summed E-state index contributed by atoms with van der Waals surface area (Å²) in [5, 5.41) is 11.8. The van der Waals surface area contributed by atoms with Gasteiger partial charge >= 0.3 is 0 Å². The number of carbonyl (C=O) groups excluding carboxylic acids is 2. The number of carbonyl (C=O) groups is 2. The van der Waals surface area contributed by atoms with Gasteiger partial charge in [-0.05, 0) is 61.5 Å². The van der Waals surface area contributed by atoms with E-state index in [9.17, 15) is 9.59 Å². The molecule has 0 aromatic heterocycles. The van der Waals surface area contributed by atoms with E-state index < -0.39 is 6.10 Å². The van der Waals surface area contributed by atoms with Crippen molar-refractivity contribution in [3.63, 3.8) is 0 Å². The van der Waals surface area contributed by atoms with Gasteiger partial charge in [0.1, 0.15) is 18.1 Å². The van der Waals surface area contributed by atoms with Crippen LogP contribution in [0.3, 0.4) is 0 Å². The lowest BCUT2D eigenvalue weighted by Crippen LogP contribution is -2.40. The van der Waals surface area contributed by atoms with Gasteiger partial charge in [-0.15, -0.1) is 0 Å². The molecule has 4 rings (SSSR count).